The lowest BCUT2D eigenvalue weighted by molar-refractivity contribution is -0.897. The van der Waals surface area contributed by atoms with E-state index in [0.717, 1.165) is 0 Å². The molecular formula is C16H36Br2N2. The number of rotatable bonds is 4. The van der Waals surface area contributed by atoms with Crippen LogP contribution in [-0.2, 0) is 0 Å². The second kappa shape index (κ2) is 11.4. The Kier molecular flexibility index (Phi) is 13.3. The maximum absolute atomic E-state index is 2.39. The van der Waals surface area contributed by atoms with Crippen LogP contribution in [0.4, 0.5) is 0 Å². The summed E-state index contributed by atoms with van der Waals surface area (Å²) in [4.78, 5) is 0. The first-order chi connectivity index (χ1) is 8.54. The summed E-state index contributed by atoms with van der Waals surface area (Å²) in [5.74, 6) is 0. The minimum atomic E-state index is 0. The Morgan fingerprint density at radius 2 is 0.850 bits per heavy atom. The molecule has 0 radical (unpaired) electrons. The van der Waals surface area contributed by atoms with Gasteiger partial charge in [-0.15, -0.1) is 0 Å². The Balaban J connectivity index is 0. The number of likely N-dealkylation sites (tertiary alicyclic amines) is 2. The molecule has 0 unspecified atom stereocenters. The van der Waals surface area contributed by atoms with Gasteiger partial charge in [-0.2, -0.15) is 0 Å². The van der Waals surface area contributed by atoms with E-state index in [1.807, 2.05) is 0 Å². The molecule has 0 aliphatic carbocycles. The SMILES string of the molecule is CCC[N+]1(C)CCCC1.CCC[N+]1(C)CCCC1.[Br-].[Br-]. The van der Waals surface area contributed by atoms with Gasteiger partial charge in [0.2, 0.25) is 0 Å². The smallest absolute Gasteiger partial charge is 0.0786 e. The second-order valence-electron chi connectivity index (χ2n) is 6.99. The minimum absolute atomic E-state index is 0. The van der Waals surface area contributed by atoms with Crippen molar-refractivity contribution in [3.8, 4) is 0 Å². The monoisotopic (exact) mass is 414 g/mol. The predicted molar refractivity (Wildman–Crippen MR) is 80.6 cm³/mol. The number of hydrogen-bond acceptors (Lipinski definition) is 0. The lowest BCUT2D eigenvalue weighted by atomic mass is 10.4. The molecule has 2 heterocycles. The van der Waals surface area contributed by atoms with Gasteiger partial charge < -0.3 is 42.9 Å². The van der Waals surface area contributed by atoms with E-state index >= 15 is 0 Å². The van der Waals surface area contributed by atoms with Crippen LogP contribution in [0.1, 0.15) is 52.4 Å². The first-order valence-corrected chi connectivity index (χ1v) is 8.21. The van der Waals surface area contributed by atoms with E-state index in [1.165, 1.54) is 86.8 Å². The first-order valence-electron chi connectivity index (χ1n) is 8.21. The molecule has 2 rings (SSSR count). The fourth-order valence-electron chi connectivity index (χ4n) is 3.72. The molecule has 2 nitrogen and oxygen atoms in total. The van der Waals surface area contributed by atoms with Crippen LogP contribution in [0, 0.1) is 0 Å². The molecule has 2 aliphatic rings. The summed E-state index contributed by atoms with van der Waals surface area (Å²) in [5.41, 5.74) is 0. The van der Waals surface area contributed by atoms with E-state index in [-0.39, 0.29) is 34.0 Å². The van der Waals surface area contributed by atoms with Crippen LogP contribution in [-0.4, -0.2) is 62.3 Å². The highest BCUT2D eigenvalue weighted by atomic mass is 79.9. The molecule has 0 N–H and O–H groups in total. The summed E-state index contributed by atoms with van der Waals surface area (Å²) < 4.78 is 2.69. The summed E-state index contributed by atoms with van der Waals surface area (Å²) >= 11 is 0. The largest absolute Gasteiger partial charge is 1.00 e. The van der Waals surface area contributed by atoms with E-state index in [1.54, 1.807) is 0 Å². The molecule has 0 aromatic rings. The van der Waals surface area contributed by atoms with Gasteiger partial charge in [0.15, 0.2) is 0 Å². The van der Waals surface area contributed by atoms with Crippen molar-refractivity contribution in [2.45, 2.75) is 52.4 Å². The zero-order chi connectivity index (χ0) is 13.5. The maximum atomic E-state index is 2.39. The topological polar surface area (TPSA) is 0 Å². The van der Waals surface area contributed by atoms with Crippen LogP contribution in [0.5, 0.6) is 0 Å². The number of nitrogens with zero attached hydrogens (tertiary/aromatic N) is 2. The van der Waals surface area contributed by atoms with Crippen molar-refractivity contribution < 1.29 is 42.9 Å². The molecule has 0 bridgehead atoms. The van der Waals surface area contributed by atoms with Crippen molar-refractivity contribution in [1.82, 2.24) is 0 Å². The molecule has 4 heteroatoms. The molecule has 20 heavy (non-hydrogen) atoms. The van der Waals surface area contributed by atoms with E-state index in [2.05, 4.69) is 27.9 Å². The maximum Gasteiger partial charge on any atom is 0.0786 e. The van der Waals surface area contributed by atoms with Gasteiger partial charge >= 0.3 is 0 Å². The molecule has 0 spiro atoms. The number of quaternary nitrogens is 2. The zero-order valence-electron chi connectivity index (χ0n) is 14.1. The Morgan fingerprint density at radius 1 is 0.600 bits per heavy atom. The van der Waals surface area contributed by atoms with Crippen LogP contribution in [0.3, 0.4) is 0 Å². The normalized spacial score (nSPS) is 22.2. The van der Waals surface area contributed by atoms with Crippen molar-refractivity contribution in [3.63, 3.8) is 0 Å². The molecule has 2 fully saturated rings. The number of halogens is 2. The van der Waals surface area contributed by atoms with Gasteiger partial charge in [0.05, 0.1) is 53.4 Å². The summed E-state index contributed by atoms with van der Waals surface area (Å²) in [5, 5.41) is 0. The first kappa shape index (κ1) is 23.2. The molecule has 124 valence electrons. The predicted octanol–water partition coefficient (Wildman–Crippen LogP) is -2.72. The molecule has 0 saturated carbocycles. The average Bonchev–Trinajstić information content (AvgIpc) is 2.90. The summed E-state index contributed by atoms with van der Waals surface area (Å²) in [7, 11) is 4.77. The third kappa shape index (κ3) is 8.35. The van der Waals surface area contributed by atoms with Gasteiger partial charge in [-0.25, -0.2) is 0 Å². The van der Waals surface area contributed by atoms with Crippen LogP contribution in [0.25, 0.3) is 0 Å². The fraction of sp³-hybridized carbons (Fsp3) is 1.00. The van der Waals surface area contributed by atoms with Crippen LogP contribution in [0.2, 0.25) is 0 Å². The Bertz CT molecular complexity index is 199. The Morgan fingerprint density at radius 3 is 1.05 bits per heavy atom. The van der Waals surface area contributed by atoms with Crippen molar-refractivity contribution >= 4 is 0 Å². The summed E-state index contributed by atoms with van der Waals surface area (Å²) in [6, 6.07) is 0. The Labute approximate surface area is 148 Å². The van der Waals surface area contributed by atoms with Crippen LogP contribution in [0.15, 0.2) is 0 Å². The standard InChI is InChI=1S/2C8H18N.2BrH/c2*1-3-6-9(2)7-4-5-8-9;;/h2*3-8H2,1-2H3;2*1H/q2*+1;;/p-2. The van der Waals surface area contributed by atoms with Gasteiger partial charge in [-0.3, -0.25) is 0 Å². The highest BCUT2D eigenvalue weighted by molar-refractivity contribution is 4.51. The highest BCUT2D eigenvalue weighted by Gasteiger charge is 2.25. The van der Waals surface area contributed by atoms with Crippen molar-refractivity contribution in [2.75, 3.05) is 53.4 Å². The van der Waals surface area contributed by atoms with Gasteiger partial charge in [0, 0.05) is 25.7 Å². The minimum Gasteiger partial charge on any atom is -1.00 e. The molecule has 0 atom stereocenters. The summed E-state index contributed by atoms with van der Waals surface area (Å²) in [6.45, 7) is 13.0. The van der Waals surface area contributed by atoms with Crippen molar-refractivity contribution in [2.24, 2.45) is 0 Å². The number of hydrogen-bond donors (Lipinski definition) is 0. The lowest BCUT2D eigenvalue weighted by Crippen LogP contribution is -3.00. The van der Waals surface area contributed by atoms with Crippen LogP contribution >= 0.6 is 0 Å². The Hall–Kier alpha value is 0.880. The molecule has 0 amide bonds. The average molecular weight is 416 g/mol. The highest BCUT2D eigenvalue weighted by Crippen LogP contribution is 2.16. The van der Waals surface area contributed by atoms with Crippen molar-refractivity contribution in [3.05, 3.63) is 0 Å². The van der Waals surface area contributed by atoms with E-state index in [0.29, 0.717) is 0 Å². The third-order valence-corrected chi connectivity index (χ3v) is 4.82. The van der Waals surface area contributed by atoms with Gasteiger partial charge in [-0.1, -0.05) is 13.8 Å². The van der Waals surface area contributed by atoms with E-state index < -0.39 is 0 Å². The molecular weight excluding hydrogens is 380 g/mol. The lowest BCUT2D eigenvalue weighted by Gasteiger charge is -2.28. The molecule has 0 aromatic carbocycles. The van der Waals surface area contributed by atoms with Gasteiger partial charge in [0.1, 0.15) is 0 Å². The van der Waals surface area contributed by atoms with E-state index in [4.69, 9.17) is 0 Å². The quantitative estimate of drug-likeness (QED) is 0.438. The van der Waals surface area contributed by atoms with Crippen LogP contribution < -0.4 is 34.0 Å². The zero-order valence-corrected chi connectivity index (χ0v) is 17.3. The van der Waals surface area contributed by atoms with Crippen molar-refractivity contribution in [1.29, 1.82) is 0 Å². The fourth-order valence-corrected chi connectivity index (χ4v) is 3.72. The molecule has 0 aromatic heterocycles. The molecule has 2 saturated heterocycles. The second-order valence-corrected chi connectivity index (χ2v) is 6.99. The summed E-state index contributed by atoms with van der Waals surface area (Å²) in [6.07, 6.45) is 8.51. The third-order valence-electron chi connectivity index (χ3n) is 4.82. The van der Waals surface area contributed by atoms with Gasteiger partial charge in [-0.05, 0) is 12.8 Å². The van der Waals surface area contributed by atoms with E-state index in [9.17, 15) is 0 Å². The van der Waals surface area contributed by atoms with Gasteiger partial charge in [0.25, 0.3) is 0 Å². The molecule has 2 aliphatic heterocycles.